The van der Waals surface area contributed by atoms with Crippen LogP contribution in [0.1, 0.15) is 15.9 Å². The summed E-state index contributed by atoms with van der Waals surface area (Å²) in [5, 5.41) is 28.6. The number of benzene rings is 2. The molecule has 3 aromatic rings. The number of nitro groups is 2. The van der Waals surface area contributed by atoms with E-state index in [1.807, 2.05) is 0 Å². The van der Waals surface area contributed by atoms with Crippen LogP contribution in [0, 0.1) is 27.2 Å². The van der Waals surface area contributed by atoms with E-state index >= 15 is 0 Å². The van der Waals surface area contributed by atoms with E-state index < -0.39 is 15.8 Å². The molecule has 0 radical (unpaired) electrons. The van der Waals surface area contributed by atoms with Crippen molar-refractivity contribution in [1.29, 1.82) is 0 Å². The first-order chi connectivity index (χ1) is 12.9. The Labute approximate surface area is 151 Å². The second-order valence-electron chi connectivity index (χ2n) is 5.51. The van der Waals surface area contributed by atoms with Crippen LogP contribution in [0.15, 0.2) is 49.1 Å². The highest BCUT2D eigenvalue weighted by molar-refractivity contribution is 6.05. The number of carbonyl (C=O) groups excluding carboxylic acids is 1. The van der Waals surface area contributed by atoms with E-state index in [1.165, 1.54) is 47.7 Å². The molecule has 1 heterocycles. The van der Waals surface area contributed by atoms with Gasteiger partial charge in [-0.05, 0) is 24.6 Å². The Kier molecular flexibility index (Phi) is 4.58. The fraction of sp³-hybridized carbons (Fsp3) is 0.0625. The van der Waals surface area contributed by atoms with Gasteiger partial charge in [0.25, 0.3) is 17.3 Å². The summed E-state index contributed by atoms with van der Waals surface area (Å²) in [5.41, 5.74) is 0.532. The summed E-state index contributed by atoms with van der Waals surface area (Å²) >= 11 is 0. The van der Waals surface area contributed by atoms with Crippen molar-refractivity contribution in [3.63, 3.8) is 0 Å². The first-order valence-electron chi connectivity index (χ1n) is 7.56. The molecule has 1 aromatic heterocycles. The van der Waals surface area contributed by atoms with Gasteiger partial charge >= 0.3 is 0 Å². The predicted molar refractivity (Wildman–Crippen MR) is 93.8 cm³/mol. The van der Waals surface area contributed by atoms with E-state index in [0.29, 0.717) is 5.56 Å². The number of amides is 1. The van der Waals surface area contributed by atoms with Crippen molar-refractivity contribution in [2.45, 2.75) is 6.92 Å². The van der Waals surface area contributed by atoms with Gasteiger partial charge in [-0.2, -0.15) is 5.10 Å². The van der Waals surface area contributed by atoms with Gasteiger partial charge in [0.2, 0.25) is 0 Å². The molecule has 1 N–H and O–H groups in total. The first-order valence-corrected chi connectivity index (χ1v) is 7.56. The minimum atomic E-state index is -0.633. The van der Waals surface area contributed by atoms with Crippen molar-refractivity contribution in [3.05, 3.63) is 80.4 Å². The van der Waals surface area contributed by atoms with Crippen LogP contribution in [-0.2, 0) is 0 Å². The fourth-order valence-corrected chi connectivity index (χ4v) is 2.39. The third-order valence-electron chi connectivity index (χ3n) is 3.78. The maximum Gasteiger partial charge on any atom is 0.295 e. The maximum absolute atomic E-state index is 12.5. The Hall–Kier alpha value is -4.15. The van der Waals surface area contributed by atoms with Crippen molar-refractivity contribution in [1.82, 2.24) is 14.8 Å². The first kappa shape index (κ1) is 17.7. The van der Waals surface area contributed by atoms with Crippen molar-refractivity contribution >= 4 is 23.0 Å². The maximum atomic E-state index is 12.5. The number of aromatic nitrogens is 3. The zero-order chi connectivity index (χ0) is 19.6. The molecule has 0 unspecified atom stereocenters. The Morgan fingerprint density at radius 3 is 2.52 bits per heavy atom. The molecular formula is C16H12N6O5. The van der Waals surface area contributed by atoms with E-state index in [4.69, 9.17) is 0 Å². The van der Waals surface area contributed by atoms with Crippen molar-refractivity contribution in [3.8, 4) is 5.69 Å². The van der Waals surface area contributed by atoms with E-state index in [9.17, 15) is 25.0 Å². The number of nitrogens with zero attached hydrogens (tertiary/aromatic N) is 5. The molecular weight excluding hydrogens is 356 g/mol. The highest BCUT2D eigenvalue weighted by Crippen LogP contribution is 2.26. The Balaban J connectivity index is 1.94. The van der Waals surface area contributed by atoms with Crippen LogP contribution in [0.5, 0.6) is 0 Å². The second-order valence-corrected chi connectivity index (χ2v) is 5.51. The Morgan fingerprint density at radius 2 is 1.89 bits per heavy atom. The number of hydrogen-bond acceptors (Lipinski definition) is 7. The number of anilines is 1. The third kappa shape index (κ3) is 3.61. The topological polar surface area (TPSA) is 146 Å². The summed E-state index contributed by atoms with van der Waals surface area (Å²) in [6, 6.07) is 7.94. The molecule has 27 heavy (non-hydrogen) atoms. The molecule has 11 heteroatoms. The summed E-state index contributed by atoms with van der Waals surface area (Å²) < 4.78 is 1.21. The number of hydrogen-bond donors (Lipinski definition) is 1. The summed E-state index contributed by atoms with van der Waals surface area (Å²) in [6.07, 6.45) is 2.53. The van der Waals surface area contributed by atoms with Crippen LogP contribution in [0.4, 0.5) is 17.1 Å². The van der Waals surface area contributed by atoms with Gasteiger partial charge in [-0.15, -0.1) is 0 Å². The minimum Gasteiger partial charge on any atom is -0.321 e. The number of rotatable bonds is 5. The van der Waals surface area contributed by atoms with Crippen molar-refractivity contribution in [2.24, 2.45) is 0 Å². The van der Waals surface area contributed by atoms with Crippen LogP contribution < -0.4 is 5.32 Å². The smallest absolute Gasteiger partial charge is 0.295 e. The Morgan fingerprint density at radius 1 is 1.11 bits per heavy atom. The minimum absolute atomic E-state index is 0.0245. The molecule has 0 saturated carbocycles. The molecule has 2 aromatic carbocycles. The van der Waals surface area contributed by atoms with E-state index in [1.54, 1.807) is 6.92 Å². The van der Waals surface area contributed by atoms with E-state index in [2.05, 4.69) is 15.4 Å². The third-order valence-corrected chi connectivity index (χ3v) is 3.78. The molecule has 3 rings (SSSR count). The number of nitro benzene ring substituents is 2. The van der Waals surface area contributed by atoms with Crippen LogP contribution >= 0.6 is 0 Å². The Bertz CT molecular complexity index is 1050. The molecule has 0 aliphatic heterocycles. The number of non-ortho nitro benzene ring substituents is 1. The quantitative estimate of drug-likeness (QED) is 0.538. The zero-order valence-electron chi connectivity index (χ0n) is 13.9. The number of aryl methyl sites for hydroxylation is 1. The standard InChI is InChI=1S/C16H12N6O5/c1-10-2-4-12(21(24)25)7-13(10)19-16(23)11-3-5-14(15(6-11)22(26)27)20-9-17-8-18-20/h2-9H,1H3,(H,19,23). The van der Waals surface area contributed by atoms with Crippen molar-refractivity contribution in [2.75, 3.05) is 5.32 Å². The summed E-state index contributed by atoms with van der Waals surface area (Å²) in [7, 11) is 0. The summed E-state index contributed by atoms with van der Waals surface area (Å²) in [4.78, 5) is 37.3. The number of carbonyl (C=O) groups is 1. The van der Waals surface area contributed by atoms with Crippen LogP contribution in [-0.4, -0.2) is 30.5 Å². The van der Waals surface area contributed by atoms with Gasteiger partial charge in [0.15, 0.2) is 0 Å². The van der Waals surface area contributed by atoms with Crippen LogP contribution in [0.3, 0.4) is 0 Å². The van der Waals surface area contributed by atoms with Crippen LogP contribution in [0.2, 0.25) is 0 Å². The second kappa shape index (κ2) is 7.00. The van der Waals surface area contributed by atoms with Gasteiger partial charge in [0.05, 0.1) is 15.5 Å². The SMILES string of the molecule is Cc1ccc([N+](=O)[O-])cc1NC(=O)c1ccc(-n2cncn2)c([N+](=O)[O-])c1. The van der Waals surface area contributed by atoms with Gasteiger partial charge in [-0.3, -0.25) is 25.0 Å². The molecule has 0 spiro atoms. The van der Waals surface area contributed by atoms with E-state index in [0.717, 1.165) is 6.07 Å². The average molecular weight is 368 g/mol. The van der Waals surface area contributed by atoms with E-state index in [-0.39, 0.29) is 28.3 Å². The van der Waals surface area contributed by atoms with Gasteiger partial charge in [-0.25, -0.2) is 9.67 Å². The highest BCUT2D eigenvalue weighted by Gasteiger charge is 2.20. The van der Waals surface area contributed by atoms with Crippen molar-refractivity contribution < 1.29 is 14.6 Å². The summed E-state index contributed by atoms with van der Waals surface area (Å²) in [5.74, 6) is -0.633. The molecule has 11 nitrogen and oxygen atoms in total. The fourth-order valence-electron chi connectivity index (χ4n) is 2.39. The molecule has 0 saturated heterocycles. The lowest BCUT2D eigenvalue weighted by atomic mass is 10.1. The van der Waals surface area contributed by atoms with Gasteiger partial charge < -0.3 is 5.32 Å². The lowest BCUT2D eigenvalue weighted by molar-refractivity contribution is -0.384. The normalized spacial score (nSPS) is 10.4. The summed E-state index contributed by atoms with van der Waals surface area (Å²) in [6.45, 7) is 1.68. The zero-order valence-corrected chi connectivity index (χ0v) is 13.9. The van der Waals surface area contributed by atoms with Gasteiger partial charge in [-0.1, -0.05) is 6.07 Å². The largest absolute Gasteiger partial charge is 0.321 e. The molecule has 136 valence electrons. The lowest BCUT2D eigenvalue weighted by Crippen LogP contribution is -2.14. The highest BCUT2D eigenvalue weighted by atomic mass is 16.6. The molecule has 0 aliphatic rings. The molecule has 0 aliphatic carbocycles. The number of nitrogens with one attached hydrogen (secondary N) is 1. The predicted octanol–water partition coefficient (Wildman–Crippen LogP) is 2.64. The molecule has 0 bridgehead atoms. The van der Waals surface area contributed by atoms with Crippen LogP contribution in [0.25, 0.3) is 5.69 Å². The van der Waals surface area contributed by atoms with Gasteiger partial charge in [0, 0.05) is 23.8 Å². The molecule has 1 amide bonds. The lowest BCUT2D eigenvalue weighted by Gasteiger charge is -2.09. The monoisotopic (exact) mass is 368 g/mol. The molecule has 0 fully saturated rings. The molecule has 0 atom stereocenters. The average Bonchev–Trinajstić information content (AvgIpc) is 3.17. The van der Waals surface area contributed by atoms with Gasteiger partial charge in [0.1, 0.15) is 18.3 Å².